The van der Waals surface area contributed by atoms with Gasteiger partial charge in [-0.2, -0.15) is 4.98 Å². The minimum atomic E-state index is -0.654. The van der Waals surface area contributed by atoms with Crippen molar-refractivity contribution >= 4 is 17.5 Å². The van der Waals surface area contributed by atoms with Gasteiger partial charge in [0.25, 0.3) is 11.5 Å². The molecule has 10 heteroatoms. The number of methoxy groups -OCH3 is 2. The van der Waals surface area contributed by atoms with Crippen molar-refractivity contribution in [1.29, 1.82) is 0 Å². The highest BCUT2D eigenvalue weighted by Crippen LogP contribution is 2.36. The van der Waals surface area contributed by atoms with E-state index >= 15 is 0 Å². The Hall–Kier alpha value is -3.59. The Bertz CT molecular complexity index is 1350. The van der Waals surface area contributed by atoms with Gasteiger partial charge in [0.15, 0.2) is 5.56 Å². The lowest BCUT2D eigenvalue weighted by molar-refractivity contribution is 0.0784. The molecule has 1 aromatic carbocycles. The summed E-state index contributed by atoms with van der Waals surface area (Å²) in [6, 6.07) is 8.80. The number of aromatic hydroxyl groups is 1. The maximum Gasteiger partial charge on any atom is 0.275 e. The van der Waals surface area contributed by atoms with Crippen LogP contribution in [-0.2, 0) is 6.42 Å². The number of ether oxygens (including phenoxy) is 2. The number of benzene rings is 1. The lowest BCUT2D eigenvalue weighted by Gasteiger charge is -2.21. The van der Waals surface area contributed by atoms with Crippen molar-refractivity contribution in [1.82, 2.24) is 19.4 Å². The van der Waals surface area contributed by atoms with Crippen molar-refractivity contribution in [2.24, 2.45) is 5.92 Å². The molecule has 1 aliphatic carbocycles. The summed E-state index contributed by atoms with van der Waals surface area (Å²) in [5.74, 6) is 0.618. The Morgan fingerprint density at radius 3 is 2.49 bits per heavy atom. The number of amides is 1. The van der Waals surface area contributed by atoms with Crippen LogP contribution in [-0.4, -0.2) is 57.8 Å². The van der Waals surface area contributed by atoms with Crippen LogP contribution in [0.5, 0.6) is 17.4 Å². The highest BCUT2D eigenvalue weighted by molar-refractivity contribution is 6.30. The number of pyridine rings is 1. The zero-order valence-electron chi connectivity index (χ0n) is 20.8. The van der Waals surface area contributed by atoms with E-state index in [1.807, 2.05) is 6.07 Å². The Morgan fingerprint density at radius 1 is 1.14 bits per heavy atom. The number of halogens is 1. The fourth-order valence-electron chi connectivity index (χ4n) is 4.90. The van der Waals surface area contributed by atoms with Crippen molar-refractivity contribution in [2.45, 2.75) is 38.0 Å². The van der Waals surface area contributed by atoms with Crippen molar-refractivity contribution in [3.8, 4) is 23.1 Å². The van der Waals surface area contributed by atoms with Crippen LogP contribution in [0.2, 0.25) is 5.02 Å². The van der Waals surface area contributed by atoms with E-state index in [1.165, 1.54) is 18.8 Å². The molecule has 0 bridgehead atoms. The normalized spacial score (nSPS) is 17.2. The molecule has 9 nitrogen and oxygen atoms in total. The highest BCUT2D eigenvalue weighted by atomic mass is 35.5. The molecular formula is C27H29ClN4O5. The number of para-hydroxylation sites is 1. The smallest absolute Gasteiger partial charge is 0.275 e. The van der Waals surface area contributed by atoms with E-state index in [4.69, 9.17) is 21.1 Å². The summed E-state index contributed by atoms with van der Waals surface area (Å²) >= 11 is 5.96. The van der Waals surface area contributed by atoms with Crippen molar-refractivity contribution < 1.29 is 19.4 Å². The third-order valence-corrected chi connectivity index (χ3v) is 7.31. The molecule has 1 amide bonds. The number of aryl methyl sites for hydroxylation is 1. The first-order valence-electron chi connectivity index (χ1n) is 12.4. The summed E-state index contributed by atoms with van der Waals surface area (Å²) in [6.07, 6.45) is 5.85. The molecule has 2 aromatic heterocycles. The van der Waals surface area contributed by atoms with Gasteiger partial charge in [-0.3, -0.25) is 19.1 Å². The average Bonchev–Trinajstić information content (AvgIpc) is 3.60. The van der Waals surface area contributed by atoms with E-state index in [1.54, 1.807) is 35.4 Å². The van der Waals surface area contributed by atoms with Crippen LogP contribution < -0.4 is 15.0 Å². The fraction of sp³-hybridized carbons (Fsp3) is 0.407. The molecule has 0 spiro atoms. The number of nitrogens with zero attached hydrogens (tertiary/aromatic N) is 4. The van der Waals surface area contributed by atoms with Gasteiger partial charge in [0.05, 0.1) is 19.2 Å². The summed E-state index contributed by atoms with van der Waals surface area (Å²) in [7, 11) is 3.00. The molecule has 37 heavy (non-hydrogen) atoms. The van der Waals surface area contributed by atoms with Crippen molar-refractivity contribution in [3.05, 3.63) is 69.0 Å². The van der Waals surface area contributed by atoms with Crippen LogP contribution in [0.1, 0.15) is 53.5 Å². The number of aromatic nitrogens is 3. The molecule has 1 atom stereocenters. The average molecular weight is 525 g/mol. The molecule has 1 aliphatic heterocycles. The van der Waals surface area contributed by atoms with Gasteiger partial charge in [-0.15, -0.1) is 0 Å². The van der Waals surface area contributed by atoms with E-state index in [9.17, 15) is 14.7 Å². The molecular weight excluding hydrogens is 496 g/mol. The molecule has 1 unspecified atom stereocenters. The first kappa shape index (κ1) is 25.1. The topological polar surface area (TPSA) is 107 Å². The molecule has 194 valence electrons. The van der Waals surface area contributed by atoms with Gasteiger partial charge in [-0.1, -0.05) is 30.5 Å². The molecule has 5 rings (SSSR count). The summed E-state index contributed by atoms with van der Waals surface area (Å²) in [6.45, 7) is 0.794. The SMILES string of the molecule is COc1cccc(OC)c1-n1c(CCC2CC2)nc(O)c(C(=O)N2CCC(c3ccc(Cl)cn3)C2)c1=O. The number of rotatable bonds is 8. The molecule has 1 N–H and O–H groups in total. The Morgan fingerprint density at radius 2 is 1.86 bits per heavy atom. The summed E-state index contributed by atoms with van der Waals surface area (Å²) in [5.41, 5.74) is 0.162. The van der Waals surface area contributed by atoms with Gasteiger partial charge in [-0.05, 0) is 43.0 Å². The van der Waals surface area contributed by atoms with Gasteiger partial charge in [0, 0.05) is 37.3 Å². The van der Waals surface area contributed by atoms with E-state index in [-0.39, 0.29) is 11.5 Å². The summed E-state index contributed by atoms with van der Waals surface area (Å²) in [4.78, 5) is 37.9. The second kappa shape index (κ2) is 10.4. The lowest BCUT2D eigenvalue weighted by atomic mass is 10.0. The van der Waals surface area contributed by atoms with Gasteiger partial charge in [0.2, 0.25) is 5.88 Å². The van der Waals surface area contributed by atoms with Crippen LogP contribution in [0.3, 0.4) is 0 Å². The fourth-order valence-corrected chi connectivity index (χ4v) is 5.01. The van der Waals surface area contributed by atoms with Crippen LogP contribution in [0.15, 0.2) is 41.3 Å². The highest BCUT2D eigenvalue weighted by Gasteiger charge is 2.34. The van der Waals surface area contributed by atoms with E-state index in [2.05, 4.69) is 9.97 Å². The van der Waals surface area contributed by atoms with Gasteiger partial charge in [0.1, 0.15) is 23.0 Å². The van der Waals surface area contributed by atoms with E-state index in [0.29, 0.717) is 59.9 Å². The van der Waals surface area contributed by atoms with Crippen LogP contribution >= 0.6 is 11.6 Å². The Balaban J connectivity index is 1.55. The first-order valence-corrected chi connectivity index (χ1v) is 12.8. The third kappa shape index (κ3) is 5.00. The number of likely N-dealkylation sites (tertiary alicyclic amines) is 1. The third-order valence-electron chi connectivity index (χ3n) is 7.09. The predicted molar refractivity (Wildman–Crippen MR) is 138 cm³/mol. The second-order valence-corrected chi connectivity index (χ2v) is 9.93. The minimum Gasteiger partial charge on any atom is -0.494 e. The van der Waals surface area contributed by atoms with Crippen LogP contribution in [0, 0.1) is 5.92 Å². The molecule has 3 heterocycles. The molecule has 0 radical (unpaired) electrons. The molecule has 1 saturated carbocycles. The largest absolute Gasteiger partial charge is 0.494 e. The van der Waals surface area contributed by atoms with Crippen LogP contribution in [0.25, 0.3) is 5.69 Å². The van der Waals surface area contributed by atoms with Gasteiger partial charge >= 0.3 is 0 Å². The number of carbonyl (C=O) groups is 1. The first-order chi connectivity index (χ1) is 17.9. The monoisotopic (exact) mass is 524 g/mol. The van der Waals surface area contributed by atoms with Crippen molar-refractivity contribution in [2.75, 3.05) is 27.3 Å². The predicted octanol–water partition coefficient (Wildman–Crippen LogP) is 3.98. The van der Waals surface area contributed by atoms with Gasteiger partial charge in [-0.25, -0.2) is 0 Å². The zero-order chi connectivity index (χ0) is 26.1. The lowest BCUT2D eigenvalue weighted by Crippen LogP contribution is -2.37. The molecule has 3 aromatic rings. The van der Waals surface area contributed by atoms with Gasteiger partial charge < -0.3 is 19.5 Å². The molecule has 1 saturated heterocycles. The number of carbonyl (C=O) groups excluding carboxylic acids is 1. The molecule has 2 fully saturated rings. The zero-order valence-corrected chi connectivity index (χ0v) is 21.6. The Labute approximate surface area is 219 Å². The van der Waals surface area contributed by atoms with Crippen molar-refractivity contribution in [3.63, 3.8) is 0 Å². The number of hydrogen-bond donors (Lipinski definition) is 1. The second-order valence-electron chi connectivity index (χ2n) is 9.50. The van der Waals surface area contributed by atoms with Crippen LogP contribution in [0.4, 0.5) is 0 Å². The van der Waals surface area contributed by atoms with E-state index in [0.717, 1.165) is 25.0 Å². The maximum absolute atomic E-state index is 14.0. The Kier molecular flexibility index (Phi) is 7.06. The summed E-state index contributed by atoms with van der Waals surface area (Å²) in [5, 5.41) is 11.4. The number of hydrogen-bond acceptors (Lipinski definition) is 7. The quantitative estimate of drug-likeness (QED) is 0.475. The molecule has 2 aliphatic rings. The summed E-state index contributed by atoms with van der Waals surface area (Å²) < 4.78 is 12.5. The van der Waals surface area contributed by atoms with E-state index < -0.39 is 17.3 Å². The minimum absolute atomic E-state index is 0.00525. The maximum atomic E-state index is 14.0. The standard InChI is InChI=1S/C27H29ClN4O5/c1-36-20-4-3-5-21(37-2)24(20)32-22(11-8-16-6-7-16)30-25(33)23(27(32)35)26(34)31-13-12-17(15-31)19-10-9-18(28)14-29-19/h3-5,9-10,14,16-17,33H,6-8,11-13,15H2,1-2H3.